The van der Waals surface area contributed by atoms with Gasteiger partial charge in [-0.25, -0.2) is 0 Å². The molecule has 0 aromatic heterocycles. The molecule has 1 aliphatic carbocycles. The topological polar surface area (TPSA) is 50.1 Å². The van der Waals surface area contributed by atoms with Gasteiger partial charge < -0.3 is 4.74 Å². The van der Waals surface area contributed by atoms with Crippen molar-refractivity contribution in [3.63, 3.8) is 0 Å². The minimum Gasteiger partial charge on any atom is -0.377 e. The van der Waals surface area contributed by atoms with Crippen molar-refractivity contribution >= 4 is 10.8 Å². The van der Waals surface area contributed by atoms with Crippen LogP contribution in [0.2, 0.25) is 0 Å². The van der Waals surface area contributed by atoms with Gasteiger partial charge in [-0.15, -0.1) is 0 Å². The van der Waals surface area contributed by atoms with Crippen LogP contribution >= 0.6 is 0 Å². The molecule has 1 aliphatic heterocycles. The molecule has 0 aromatic rings. The van der Waals surface area contributed by atoms with E-state index in [1.807, 2.05) is 6.92 Å². The van der Waals surface area contributed by atoms with Crippen molar-refractivity contribution in [2.24, 2.45) is 11.8 Å². The molecule has 0 amide bonds. The van der Waals surface area contributed by atoms with Gasteiger partial charge in [0.1, 0.15) is 0 Å². The van der Waals surface area contributed by atoms with Gasteiger partial charge in [-0.05, 0) is 38.5 Å². The summed E-state index contributed by atoms with van der Waals surface area (Å²) >= 11 is 0. The molecular weight excluding hydrogens is 234 g/mol. The number of hydrogen-bond donors (Lipinski definition) is 0. The molecule has 96 valence electrons. The summed E-state index contributed by atoms with van der Waals surface area (Å²) in [6.07, 6.45) is 3.93. The van der Waals surface area contributed by atoms with E-state index in [4.69, 9.17) is 4.74 Å². The SMILES string of the molecule is CC1CCC(C#N)C(S(=O)C2CCOC2C)C1. The van der Waals surface area contributed by atoms with Gasteiger partial charge in [0.05, 0.1) is 28.6 Å². The first-order valence-electron chi connectivity index (χ1n) is 6.54. The van der Waals surface area contributed by atoms with E-state index < -0.39 is 10.8 Å². The third kappa shape index (κ3) is 2.71. The minimum atomic E-state index is -0.910. The minimum absolute atomic E-state index is 0.0140. The van der Waals surface area contributed by atoms with Gasteiger partial charge in [-0.3, -0.25) is 4.21 Å². The third-order valence-electron chi connectivity index (χ3n) is 4.12. The Balaban J connectivity index is 2.08. The molecule has 17 heavy (non-hydrogen) atoms. The maximum atomic E-state index is 12.6. The predicted molar refractivity (Wildman–Crippen MR) is 67.9 cm³/mol. The quantitative estimate of drug-likeness (QED) is 0.760. The first-order chi connectivity index (χ1) is 8.13. The average Bonchev–Trinajstić information content (AvgIpc) is 2.74. The van der Waals surface area contributed by atoms with Crippen LogP contribution in [0.3, 0.4) is 0 Å². The Morgan fingerprint density at radius 1 is 1.24 bits per heavy atom. The van der Waals surface area contributed by atoms with Gasteiger partial charge in [0, 0.05) is 17.4 Å². The zero-order chi connectivity index (χ0) is 12.4. The number of rotatable bonds is 2. The van der Waals surface area contributed by atoms with Crippen molar-refractivity contribution in [2.75, 3.05) is 6.61 Å². The lowest BCUT2D eigenvalue weighted by Crippen LogP contribution is -2.38. The number of nitrogens with zero attached hydrogens (tertiary/aromatic N) is 1. The molecule has 0 N–H and O–H groups in total. The van der Waals surface area contributed by atoms with E-state index in [1.54, 1.807) is 0 Å². The molecular formula is C13H21NO2S. The Morgan fingerprint density at radius 3 is 2.59 bits per heavy atom. The van der Waals surface area contributed by atoms with Crippen molar-refractivity contribution < 1.29 is 8.95 Å². The monoisotopic (exact) mass is 255 g/mol. The molecule has 0 aromatic carbocycles. The summed E-state index contributed by atoms with van der Waals surface area (Å²) < 4.78 is 18.1. The molecule has 2 fully saturated rings. The van der Waals surface area contributed by atoms with Crippen LogP contribution in [-0.4, -0.2) is 27.4 Å². The normalized spacial score (nSPS) is 44.2. The van der Waals surface area contributed by atoms with Gasteiger partial charge in [0.15, 0.2) is 0 Å². The molecule has 3 nitrogen and oxygen atoms in total. The maximum absolute atomic E-state index is 12.6. The molecule has 0 bridgehead atoms. The van der Waals surface area contributed by atoms with Crippen LogP contribution in [0.4, 0.5) is 0 Å². The summed E-state index contributed by atoms with van der Waals surface area (Å²) in [6, 6.07) is 2.36. The van der Waals surface area contributed by atoms with Crippen molar-refractivity contribution in [3.8, 4) is 6.07 Å². The lowest BCUT2D eigenvalue weighted by molar-refractivity contribution is 0.126. The fraction of sp³-hybridized carbons (Fsp3) is 0.923. The van der Waals surface area contributed by atoms with E-state index in [2.05, 4.69) is 13.0 Å². The van der Waals surface area contributed by atoms with E-state index in [9.17, 15) is 9.47 Å². The average molecular weight is 255 g/mol. The Labute approximate surface area is 106 Å². The zero-order valence-electron chi connectivity index (χ0n) is 10.6. The van der Waals surface area contributed by atoms with E-state index in [0.29, 0.717) is 5.92 Å². The lowest BCUT2D eigenvalue weighted by atomic mass is 9.83. The van der Waals surface area contributed by atoms with Crippen molar-refractivity contribution in [2.45, 2.75) is 56.1 Å². The van der Waals surface area contributed by atoms with Crippen LogP contribution in [0.15, 0.2) is 0 Å². The highest BCUT2D eigenvalue weighted by Crippen LogP contribution is 2.35. The highest BCUT2D eigenvalue weighted by molar-refractivity contribution is 7.86. The fourth-order valence-electron chi connectivity index (χ4n) is 2.97. The summed E-state index contributed by atoms with van der Waals surface area (Å²) in [6.45, 7) is 4.92. The Hall–Kier alpha value is -0.400. The first kappa shape index (κ1) is 13.0. The summed E-state index contributed by atoms with van der Waals surface area (Å²) in [5.41, 5.74) is 0. The fourth-order valence-corrected chi connectivity index (χ4v) is 5.25. The molecule has 4 heteroatoms. The molecule has 2 rings (SSSR count). The Kier molecular flexibility index (Phi) is 4.22. The van der Waals surface area contributed by atoms with E-state index in [-0.39, 0.29) is 22.5 Å². The maximum Gasteiger partial charge on any atom is 0.0691 e. The Bertz CT molecular complexity index is 339. The molecule has 0 spiro atoms. The van der Waals surface area contributed by atoms with Crippen LogP contribution in [0.1, 0.15) is 39.5 Å². The van der Waals surface area contributed by atoms with Gasteiger partial charge in [-0.1, -0.05) is 6.92 Å². The van der Waals surface area contributed by atoms with Gasteiger partial charge in [-0.2, -0.15) is 5.26 Å². The summed E-state index contributed by atoms with van der Waals surface area (Å²) in [5.74, 6) is 0.589. The molecule has 1 saturated carbocycles. The van der Waals surface area contributed by atoms with Crippen LogP contribution < -0.4 is 0 Å². The summed E-state index contributed by atoms with van der Waals surface area (Å²) in [7, 11) is -0.910. The molecule has 1 heterocycles. The van der Waals surface area contributed by atoms with Crippen molar-refractivity contribution in [1.82, 2.24) is 0 Å². The van der Waals surface area contributed by atoms with Crippen LogP contribution in [-0.2, 0) is 15.5 Å². The smallest absolute Gasteiger partial charge is 0.0691 e. The first-order valence-corrected chi connectivity index (χ1v) is 7.81. The van der Waals surface area contributed by atoms with Crippen LogP contribution in [0.5, 0.6) is 0 Å². The number of nitriles is 1. The second kappa shape index (κ2) is 5.49. The van der Waals surface area contributed by atoms with E-state index in [0.717, 1.165) is 32.3 Å². The van der Waals surface area contributed by atoms with Crippen LogP contribution in [0.25, 0.3) is 0 Å². The second-order valence-electron chi connectivity index (χ2n) is 5.42. The highest BCUT2D eigenvalue weighted by atomic mass is 32.2. The second-order valence-corrected chi connectivity index (χ2v) is 7.29. The zero-order valence-corrected chi connectivity index (χ0v) is 11.4. The van der Waals surface area contributed by atoms with E-state index >= 15 is 0 Å². The van der Waals surface area contributed by atoms with Crippen molar-refractivity contribution in [1.29, 1.82) is 5.26 Å². The van der Waals surface area contributed by atoms with Crippen LogP contribution in [0, 0.1) is 23.2 Å². The molecule has 1 saturated heterocycles. The largest absolute Gasteiger partial charge is 0.377 e. The third-order valence-corrected chi connectivity index (χ3v) is 6.46. The number of hydrogen-bond acceptors (Lipinski definition) is 3. The summed E-state index contributed by atoms with van der Waals surface area (Å²) in [5, 5.41) is 9.40. The van der Waals surface area contributed by atoms with Gasteiger partial charge >= 0.3 is 0 Å². The lowest BCUT2D eigenvalue weighted by Gasteiger charge is -2.32. The molecule has 6 atom stereocenters. The van der Waals surface area contributed by atoms with Crippen molar-refractivity contribution in [3.05, 3.63) is 0 Å². The Morgan fingerprint density at radius 2 is 2.00 bits per heavy atom. The highest BCUT2D eigenvalue weighted by Gasteiger charge is 2.39. The standard InChI is InChI=1S/C13H21NO2S/c1-9-3-4-11(8-14)13(7-9)17(15)12-5-6-16-10(12)2/h9-13H,3-7H2,1-2H3. The van der Waals surface area contributed by atoms with Gasteiger partial charge in [0.25, 0.3) is 0 Å². The summed E-state index contributed by atoms with van der Waals surface area (Å²) in [4.78, 5) is 0. The molecule has 6 unspecified atom stereocenters. The molecule has 2 aliphatic rings. The van der Waals surface area contributed by atoms with Gasteiger partial charge in [0.2, 0.25) is 0 Å². The molecule has 0 radical (unpaired) electrons. The number of ether oxygens (including phenoxy) is 1. The van der Waals surface area contributed by atoms with E-state index in [1.165, 1.54) is 0 Å². The predicted octanol–water partition coefficient (Wildman–Crippen LogP) is 2.24.